The van der Waals surface area contributed by atoms with Crippen molar-refractivity contribution < 1.29 is 5.11 Å². The quantitative estimate of drug-likeness (QED) is 0.864. The van der Waals surface area contributed by atoms with Gasteiger partial charge in [0.1, 0.15) is 5.71 Å². The number of aromatic hydroxyl groups is 1. The molecule has 20 heavy (non-hydrogen) atoms. The van der Waals surface area contributed by atoms with E-state index in [1.54, 1.807) is 17.8 Å². The lowest BCUT2D eigenvalue weighted by molar-refractivity contribution is 0.430. The third-order valence-corrected chi connectivity index (χ3v) is 4.46. The second-order valence-corrected chi connectivity index (χ2v) is 5.95. The van der Waals surface area contributed by atoms with Gasteiger partial charge in [-0.1, -0.05) is 30.3 Å². The number of nitrogens with zero attached hydrogens (tertiary/aromatic N) is 3. The molecule has 0 spiro atoms. The van der Waals surface area contributed by atoms with Gasteiger partial charge in [-0.25, -0.2) is 0 Å². The molecule has 0 amide bonds. The second kappa shape index (κ2) is 5.15. The molecule has 1 N–H and O–H groups in total. The Bertz CT molecular complexity index is 798. The Hall–Kier alpha value is -2.05. The molecule has 0 radical (unpaired) electrons. The summed E-state index contributed by atoms with van der Waals surface area (Å²) in [5, 5.41) is 18.1. The van der Waals surface area contributed by atoms with E-state index in [9.17, 15) is 5.11 Å². The molecule has 1 aliphatic heterocycles. The molecule has 0 atom stereocenters. The fourth-order valence-corrected chi connectivity index (χ4v) is 3.07. The van der Waals surface area contributed by atoms with Crippen LogP contribution < -0.4 is 0 Å². The van der Waals surface area contributed by atoms with Crippen molar-refractivity contribution in [3.05, 3.63) is 50.3 Å². The van der Waals surface area contributed by atoms with Crippen LogP contribution in [-0.4, -0.2) is 21.6 Å². The lowest BCUT2D eigenvalue weighted by Crippen LogP contribution is -2.01. The van der Waals surface area contributed by atoms with Crippen LogP contribution in [0, 0.1) is 3.95 Å². The first-order valence-corrected chi connectivity index (χ1v) is 7.16. The number of hydrogen-bond donors (Lipinski definition) is 1. The molecule has 0 saturated carbocycles. The summed E-state index contributed by atoms with van der Waals surface area (Å²) in [6.07, 6.45) is 3.54. The van der Waals surface area contributed by atoms with Crippen LogP contribution in [0.25, 0.3) is 6.08 Å². The van der Waals surface area contributed by atoms with Crippen LogP contribution in [0.1, 0.15) is 10.4 Å². The molecule has 2 aromatic rings. The molecule has 0 unspecified atom stereocenters. The molecular weight excluding hydrogens is 290 g/mol. The zero-order valence-electron chi connectivity index (χ0n) is 10.6. The Balaban J connectivity index is 2.04. The van der Waals surface area contributed by atoms with E-state index < -0.39 is 0 Å². The zero-order chi connectivity index (χ0) is 14.1. The standard InChI is InChI=1S/C14H11N3OS2/c1-17-13(18)11(20-14(17)19)7-10-8-15-16-12(10)9-5-3-2-4-6-9/h2-8,18H,1H3. The van der Waals surface area contributed by atoms with Crippen LogP contribution in [0.5, 0.6) is 5.88 Å². The predicted octanol–water partition coefficient (Wildman–Crippen LogP) is 3.39. The van der Waals surface area contributed by atoms with Gasteiger partial charge in [-0.15, -0.1) is 16.4 Å². The van der Waals surface area contributed by atoms with Crippen molar-refractivity contribution in [2.75, 3.05) is 0 Å². The minimum absolute atomic E-state index is 0.167. The molecule has 2 heterocycles. The molecule has 6 heteroatoms. The third kappa shape index (κ3) is 2.23. The topological polar surface area (TPSA) is 49.9 Å². The Morgan fingerprint density at radius 1 is 1.30 bits per heavy atom. The average molecular weight is 301 g/mol. The Labute approximate surface area is 125 Å². The zero-order valence-corrected chi connectivity index (χ0v) is 12.3. The van der Waals surface area contributed by atoms with Gasteiger partial charge in [0, 0.05) is 18.2 Å². The van der Waals surface area contributed by atoms with Crippen LogP contribution in [-0.2, 0) is 7.05 Å². The first-order chi connectivity index (χ1) is 9.66. The molecular formula is C14H11N3OS2. The first-order valence-electron chi connectivity index (χ1n) is 5.94. The first kappa shape index (κ1) is 13.0. The average Bonchev–Trinajstić information content (AvgIpc) is 3.02. The van der Waals surface area contributed by atoms with Crippen molar-refractivity contribution in [1.82, 2.24) is 4.57 Å². The summed E-state index contributed by atoms with van der Waals surface area (Å²) >= 11 is 6.51. The Kier molecular flexibility index (Phi) is 3.33. The van der Waals surface area contributed by atoms with E-state index in [2.05, 4.69) is 10.2 Å². The van der Waals surface area contributed by atoms with Crippen molar-refractivity contribution in [2.24, 2.45) is 17.3 Å². The molecule has 0 aliphatic carbocycles. The summed E-state index contributed by atoms with van der Waals surface area (Å²) in [4.78, 5) is 0.712. The smallest absolute Gasteiger partial charge is 0.210 e. The summed E-state index contributed by atoms with van der Waals surface area (Å²) in [7, 11) is 1.74. The van der Waals surface area contributed by atoms with Gasteiger partial charge in [-0.2, -0.15) is 5.10 Å². The predicted molar refractivity (Wildman–Crippen MR) is 85.2 cm³/mol. The highest BCUT2D eigenvalue weighted by Crippen LogP contribution is 2.28. The van der Waals surface area contributed by atoms with E-state index >= 15 is 0 Å². The van der Waals surface area contributed by atoms with Crippen LogP contribution >= 0.6 is 23.6 Å². The Morgan fingerprint density at radius 2 is 2.05 bits per heavy atom. The maximum atomic E-state index is 10.0. The van der Waals surface area contributed by atoms with Gasteiger partial charge < -0.3 is 5.11 Å². The number of thiazole rings is 1. The molecule has 1 aromatic carbocycles. The molecule has 1 aromatic heterocycles. The lowest BCUT2D eigenvalue weighted by Gasteiger charge is -2.01. The van der Waals surface area contributed by atoms with Crippen molar-refractivity contribution in [3.8, 4) is 5.88 Å². The van der Waals surface area contributed by atoms with Crippen LogP contribution in [0.4, 0.5) is 0 Å². The van der Waals surface area contributed by atoms with E-state index in [0.717, 1.165) is 16.8 Å². The summed E-state index contributed by atoms with van der Waals surface area (Å²) < 4.78 is 2.21. The molecule has 100 valence electrons. The minimum Gasteiger partial charge on any atom is -0.493 e. The van der Waals surface area contributed by atoms with Crippen molar-refractivity contribution in [2.45, 2.75) is 0 Å². The second-order valence-electron chi connectivity index (χ2n) is 4.27. The van der Waals surface area contributed by atoms with Crippen LogP contribution in [0.3, 0.4) is 0 Å². The summed E-state index contributed by atoms with van der Waals surface area (Å²) in [5.74, 6) is 0.167. The highest BCUT2D eigenvalue weighted by atomic mass is 32.1. The van der Waals surface area contributed by atoms with E-state index in [4.69, 9.17) is 12.2 Å². The number of hydrogen-bond acceptors (Lipinski definition) is 5. The molecule has 0 bridgehead atoms. The van der Waals surface area contributed by atoms with Gasteiger partial charge in [0.25, 0.3) is 0 Å². The highest BCUT2D eigenvalue weighted by molar-refractivity contribution is 7.73. The summed E-state index contributed by atoms with van der Waals surface area (Å²) in [6.45, 7) is 0. The molecule has 0 saturated heterocycles. The monoisotopic (exact) mass is 301 g/mol. The van der Waals surface area contributed by atoms with E-state index in [-0.39, 0.29) is 5.88 Å². The largest absolute Gasteiger partial charge is 0.493 e. The molecule has 1 aliphatic rings. The van der Waals surface area contributed by atoms with E-state index in [0.29, 0.717) is 8.83 Å². The molecule has 3 rings (SSSR count). The number of rotatable bonds is 2. The van der Waals surface area contributed by atoms with Crippen molar-refractivity contribution >= 4 is 41.6 Å². The van der Waals surface area contributed by atoms with E-state index in [1.165, 1.54) is 11.3 Å². The van der Waals surface area contributed by atoms with Gasteiger partial charge in [0.05, 0.1) is 11.1 Å². The lowest BCUT2D eigenvalue weighted by atomic mass is 10.0. The van der Waals surface area contributed by atoms with Gasteiger partial charge in [0.15, 0.2) is 3.95 Å². The maximum absolute atomic E-state index is 10.0. The SMILES string of the molecule is Cn1c(O)c(C=C2C=NN=C2c2ccccc2)sc1=S. The fraction of sp³-hybridized carbons (Fsp3) is 0.0714. The maximum Gasteiger partial charge on any atom is 0.210 e. The third-order valence-electron chi connectivity index (χ3n) is 2.97. The number of benzene rings is 1. The summed E-state index contributed by atoms with van der Waals surface area (Å²) in [5.41, 5.74) is 2.66. The fourth-order valence-electron chi connectivity index (χ4n) is 1.89. The van der Waals surface area contributed by atoms with Crippen LogP contribution in [0.15, 0.2) is 46.1 Å². The van der Waals surface area contributed by atoms with Crippen molar-refractivity contribution in [3.63, 3.8) is 0 Å². The molecule has 4 nitrogen and oxygen atoms in total. The van der Waals surface area contributed by atoms with Gasteiger partial charge >= 0.3 is 0 Å². The van der Waals surface area contributed by atoms with Gasteiger partial charge in [0.2, 0.25) is 5.88 Å². The van der Waals surface area contributed by atoms with Gasteiger partial charge in [-0.05, 0) is 18.3 Å². The van der Waals surface area contributed by atoms with Crippen molar-refractivity contribution in [1.29, 1.82) is 0 Å². The summed E-state index contributed by atoms with van der Waals surface area (Å²) in [6, 6.07) is 9.83. The number of allylic oxidation sites excluding steroid dienone is 1. The van der Waals surface area contributed by atoms with Crippen LogP contribution in [0.2, 0.25) is 0 Å². The van der Waals surface area contributed by atoms with Gasteiger partial charge in [-0.3, -0.25) is 4.57 Å². The Morgan fingerprint density at radius 3 is 2.70 bits per heavy atom. The number of aromatic nitrogens is 1. The molecule has 0 fully saturated rings. The van der Waals surface area contributed by atoms with E-state index in [1.807, 2.05) is 36.4 Å². The minimum atomic E-state index is 0.167. The normalized spacial score (nSPS) is 15.8. The highest BCUT2D eigenvalue weighted by Gasteiger charge is 2.15.